The van der Waals surface area contributed by atoms with Crippen molar-refractivity contribution in [2.75, 3.05) is 16.4 Å². The Labute approximate surface area is 127 Å². The van der Waals surface area contributed by atoms with Crippen LogP contribution in [0, 0.1) is 0 Å². The molecule has 2 aliphatic rings. The average molecular weight is 338 g/mol. The van der Waals surface area contributed by atoms with Gasteiger partial charge in [0.15, 0.2) is 16.6 Å². The van der Waals surface area contributed by atoms with E-state index < -0.39 is 10.2 Å². The van der Waals surface area contributed by atoms with Crippen LogP contribution in [-0.2, 0) is 14.4 Å². The highest BCUT2D eigenvalue weighted by atomic mass is 35.5. The first-order chi connectivity index (χ1) is 8.87. The van der Waals surface area contributed by atoms with Gasteiger partial charge in [-0.05, 0) is 30.4 Å². The van der Waals surface area contributed by atoms with Crippen LogP contribution in [0.2, 0.25) is 10.0 Å². The molecule has 2 heterocycles. The molecule has 0 aromatic heterocycles. The Balaban J connectivity index is 1.97. The fourth-order valence-electron chi connectivity index (χ4n) is 2.56. The molecule has 2 saturated heterocycles. The second-order valence-corrected chi connectivity index (χ2v) is 8.11. The van der Waals surface area contributed by atoms with Gasteiger partial charge in [-0.25, -0.2) is 0 Å². The summed E-state index contributed by atoms with van der Waals surface area (Å²) in [4.78, 5) is 1.85. The molecule has 3 atom stereocenters. The summed E-state index contributed by atoms with van der Waals surface area (Å²) >= 11 is 17.2. The standard InChI is InChI=1S/C11H10Cl2N2O2S2/c12-7-2-1-6(3-8(7)13)15-10-5-19(16,17)4-9(10)14-11(15)18/h1-3,9-10H,4-5H2,(H-,14,16,17,18)/p+1/t9-,10-/m0/s1. The molecule has 1 unspecified atom stereocenters. The lowest BCUT2D eigenvalue weighted by Crippen LogP contribution is -2.37. The first kappa shape index (κ1) is 13.6. The molecule has 102 valence electrons. The first-order valence-corrected chi connectivity index (χ1v) is 8.66. The Morgan fingerprint density at radius 1 is 1.37 bits per heavy atom. The third-order valence-electron chi connectivity index (χ3n) is 3.38. The zero-order chi connectivity index (χ0) is 13.8. The van der Waals surface area contributed by atoms with E-state index in [2.05, 4.69) is 5.32 Å². The van der Waals surface area contributed by atoms with Gasteiger partial charge >= 0.3 is 0 Å². The Hall–Kier alpha value is -0.400. The molecule has 0 amide bonds. The maximum absolute atomic E-state index is 11.8. The summed E-state index contributed by atoms with van der Waals surface area (Å²) in [6.07, 6.45) is 0. The number of thiocarbonyl (C=S) groups is 1. The maximum atomic E-state index is 11.8. The van der Waals surface area contributed by atoms with Gasteiger partial charge in [-0.2, -0.15) is 4.55 Å². The normalized spacial score (nSPS) is 33.4. The summed E-state index contributed by atoms with van der Waals surface area (Å²) in [5, 5.41) is 4.56. The Kier molecular flexibility index (Phi) is 3.26. The predicted octanol–water partition coefficient (Wildman–Crippen LogP) is 2.41. The molecular weight excluding hydrogens is 327 g/mol. The molecule has 1 aromatic rings. The highest BCUT2D eigenvalue weighted by Gasteiger charge is 2.54. The zero-order valence-corrected chi connectivity index (χ0v) is 12.8. The van der Waals surface area contributed by atoms with Crippen molar-refractivity contribution in [3.8, 4) is 0 Å². The van der Waals surface area contributed by atoms with Crippen molar-refractivity contribution in [3.63, 3.8) is 0 Å². The average Bonchev–Trinajstić information content (AvgIpc) is 2.73. The van der Waals surface area contributed by atoms with Gasteiger partial charge in [0.2, 0.25) is 10.2 Å². The number of hydrogen-bond acceptors (Lipinski definition) is 2. The van der Waals surface area contributed by atoms with Crippen molar-refractivity contribution in [2.24, 2.45) is 0 Å². The lowest BCUT2D eigenvalue weighted by Gasteiger charge is -2.22. The fraction of sp³-hybridized carbons (Fsp3) is 0.364. The van der Waals surface area contributed by atoms with Crippen molar-refractivity contribution in [1.82, 2.24) is 5.32 Å². The highest BCUT2D eigenvalue weighted by Crippen LogP contribution is 2.34. The van der Waals surface area contributed by atoms with Crippen molar-refractivity contribution in [1.29, 1.82) is 0 Å². The molecule has 0 radical (unpaired) electrons. The van der Waals surface area contributed by atoms with E-state index in [-0.39, 0.29) is 23.6 Å². The number of nitrogens with one attached hydrogen (secondary N) is 1. The van der Waals surface area contributed by atoms with Gasteiger partial charge in [0, 0.05) is 5.69 Å². The van der Waals surface area contributed by atoms with E-state index in [1.165, 1.54) is 0 Å². The van der Waals surface area contributed by atoms with E-state index in [1.54, 1.807) is 12.1 Å². The van der Waals surface area contributed by atoms with E-state index in [0.29, 0.717) is 15.2 Å². The minimum Gasteiger partial charge on any atom is -0.352 e. The third kappa shape index (κ3) is 2.36. The maximum Gasteiger partial charge on any atom is 0.218 e. The number of rotatable bonds is 1. The van der Waals surface area contributed by atoms with Crippen LogP contribution in [0.1, 0.15) is 0 Å². The molecule has 2 aliphatic heterocycles. The first-order valence-electron chi connectivity index (χ1n) is 5.64. The lowest BCUT2D eigenvalue weighted by atomic mass is 10.1. The SMILES string of the molecule is O=[S+]1(O)C[C@@H]2NC(=S)N(c3ccc(Cl)c(Cl)c3)[C@H]2C1. The molecule has 3 rings (SSSR count). The minimum atomic E-state index is -2.76. The van der Waals surface area contributed by atoms with Gasteiger partial charge in [0.05, 0.1) is 10.0 Å². The van der Waals surface area contributed by atoms with E-state index in [9.17, 15) is 8.76 Å². The quantitative estimate of drug-likeness (QED) is 0.608. The van der Waals surface area contributed by atoms with Crippen LogP contribution >= 0.6 is 35.4 Å². The number of fused-ring (bicyclic) bond motifs is 1. The van der Waals surface area contributed by atoms with Crippen molar-refractivity contribution in [2.45, 2.75) is 12.1 Å². The van der Waals surface area contributed by atoms with E-state index in [4.69, 9.17) is 35.4 Å². The fourth-order valence-corrected chi connectivity index (χ4v) is 5.16. The van der Waals surface area contributed by atoms with Crippen molar-refractivity contribution < 1.29 is 8.76 Å². The molecular formula is C11H11Cl2N2O2S2+. The predicted molar refractivity (Wildman–Crippen MR) is 82.7 cm³/mol. The van der Waals surface area contributed by atoms with Crippen LogP contribution in [0.5, 0.6) is 0 Å². The van der Waals surface area contributed by atoms with Crippen LogP contribution < -0.4 is 10.2 Å². The number of nitrogens with zero attached hydrogens (tertiary/aromatic N) is 1. The van der Waals surface area contributed by atoms with Crippen molar-refractivity contribution >= 4 is 56.4 Å². The second kappa shape index (κ2) is 4.56. The molecule has 0 spiro atoms. The van der Waals surface area contributed by atoms with Crippen LogP contribution in [-0.4, -0.2) is 33.3 Å². The summed E-state index contributed by atoms with van der Waals surface area (Å²) in [6, 6.07) is 5.03. The van der Waals surface area contributed by atoms with Gasteiger partial charge in [-0.15, -0.1) is 0 Å². The largest absolute Gasteiger partial charge is 0.352 e. The van der Waals surface area contributed by atoms with Crippen LogP contribution in [0.25, 0.3) is 0 Å². The molecule has 2 fully saturated rings. The topological polar surface area (TPSA) is 52.6 Å². The van der Waals surface area contributed by atoms with E-state index >= 15 is 0 Å². The van der Waals surface area contributed by atoms with Crippen LogP contribution in [0.4, 0.5) is 5.69 Å². The Bertz CT molecular complexity index is 610. The number of benzene rings is 1. The van der Waals surface area contributed by atoms with Crippen LogP contribution in [0.3, 0.4) is 0 Å². The highest BCUT2D eigenvalue weighted by molar-refractivity contribution is 7.98. The summed E-state index contributed by atoms with van der Waals surface area (Å²) in [5.74, 6) is 0.445. The summed E-state index contributed by atoms with van der Waals surface area (Å²) in [7, 11) is -2.76. The molecule has 0 bridgehead atoms. The van der Waals surface area contributed by atoms with Crippen LogP contribution in [0.15, 0.2) is 18.2 Å². The summed E-state index contributed by atoms with van der Waals surface area (Å²) < 4.78 is 21.5. The molecule has 0 saturated carbocycles. The minimum absolute atomic E-state index is 0.0838. The summed E-state index contributed by atoms with van der Waals surface area (Å²) in [6.45, 7) is 0. The zero-order valence-electron chi connectivity index (χ0n) is 9.68. The number of hydrogen-bond donors (Lipinski definition) is 2. The molecule has 8 heteroatoms. The van der Waals surface area contributed by atoms with Crippen molar-refractivity contribution in [3.05, 3.63) is 28.2 Å². The van der Waals surface area contributed by atoms with Gasteiger partial charge in [0.25, 0.3) is 0 Å². The van der Waals surface area contributed by atoms with Gasteiger partial charge in [-0.1, -0.05) is 27.4 Å². The lowest BCUT2D eigenvalue weighted by molar-refractivity contribution is 0.502. The summed E-state index contributed by atoms with van der Waals surface area (Å²) in [5.41, 5.74) is 0.788. The molecule has 2 N–H and O–H groups in total. The molecule has 0 aliphatic carbocycles. The smallest absolute Gasteiger partial charge is 0.218 e. The Morgan fingerprint density at radius 3 is 2.79 bits per heavy atom. The van der Waals surface area contributed by atoms with E-state index in [1.807, 2.05) is 11.0 Å². The van der Waals surface area contributed by atoms with Gasteiger partial charge in [0.1, 0.15) is 12.1 Å². The van der Waals surface area contributed by atoms with Gasteiger partial charge in [-0.3, -0.25) is 0 Å². The third-order valence-corrected chi connectivity index (χ3v) is 6.17. The molecule has 19 heavy (non-hydrogen) atoms. The van der Waals surface area contributed by atoms with Gasteiger partial charge < -0.3 is 10.2 Å². The monoisotopic (exact) mass is 337 g/mol. The second-order valence-electron chi connectivity index (χ2n) is 4.70. The Morgan fingerprint density at radius 2 is 2.11 bits per heavy atom. The molecule has 1 aromatic carbocycles. The van der Waals surface area contributed by atoms with E-state index in [0.717, 1.165) is 5.69 Å². The molecule has 4 nitrogen and oxygen atoms in total. The number of halogens is 2. The number of anilines is 1.